The van der Waals surface area contributed by atoms with Crippen molar-refractivity contribution in [3.05, 3.63) is 59.8 Å². The number of fused-ring (bicyclic) bond motifs is 1. The van der Waals surface area contributed by atoms with Crippen LogP contribution in [-0.2, 0) is 6.42 Å². The van der Waals surface area contributed by atoms with Gasteiger partial charge < -0.3 is 0 Å². The van der Waals surface area contributed by atoms with Crippen LogP contribution in [0.5, 0.6) is 0 Å². The highest BCUT2D eigenvalue weighted by atomic mass is 15.3. The average Bonchev–Trinajstić information content (AvgIpc) is 2.81. The van der Waals surface area contributed by atoms with E-state index in [1.54, 1.807) is 6.20 Å². The van der Waals surface area contributed by atoms with Crippen LogP contribution in [0.3, 0.4) is 0 Å². The Kier molecular flexibility index (Phi) is 2.58. The third kappa shape index (κ3) is 2.04. The molecule has 84 valence electrons. The van der Waals surface area contributed by atoms with E-state index >= 15 is 0 Å². The van der Waals surface area contributed by atoms with Crippen LogP contribution in [0.4, 0.5) is 5.82 Å². The Bertz CT molecular complexity index is 546. The Balaban J connectivity index is 1.83. The summed E-state index contributed by atoms with van der Waals surface area (Å²) in [6, 6.07) is 14.2. The van der Waals surface area contributed by atoms with Crippen LogP contribution in [0, 0.1) is 0 Å². The van der Waals surface area contributed by atoms with Gasteiger partial charge in [-0.25, -0.2) is 4.98 Å². The van der Waals surface area contributed by atoms with Crippen LogP contribution in [-0.4, -0.2) is 10.7 Å². The Labute approximate surface area is 100 Å². The van der Waals surface area contributed by atoms with Crippen molar-refractivity contribution in [2.75, 3.05) is 5.43 Å². The van der Waals surface area contributed by atoms with E-state index in [0.717, 1.165) is 24.4 Å². The zero-order chi connectivity index (χ0) is 11.5. The molecule has 0 bridgehead atoms. The number of pyridine rings is 1. The van der Waals surface area contributed by atoms with Crippen molar-refractivity contribution in [1.82, 2.24) is 4.98 Å². The first-order valence-electron chi connectivity index (χ1n) is 5.75. The quantitative estimate of drug-likeness (QED) is 0.795. The van der Waals surface area contributed by atoms with Crippen molar-refractivity contribution in [3.8, 4) is 0 Å². The number of nitrogens with zero attached hydrogens (tertiary/aromatic N) is 2. The van der Waals surface area contributed by atoms with Crippen molar-refractivity contribution in [2.24, 2.45) is 5.10 Å². The van der Waals surface area contributed by atoms with E-state index in [0.29, 0.717) is 0 Å². The van der Waals surface area contributed by atoms with Crippen molar-refractivity contribution in [1.29, 1.82) is 0 Å². The first kappa shape index (κ1) is 10.0. The lowest BCUT2D eigenvalue weighted by Gasteiger charge is -2.01. The minimum absolute atomic E-state index is 0.782. The van der Waals surface area contributed by atoms with Crippen molar-refractivity contribution >= 4 is 11.5 Å². The molecule has 1 N–H and O–H groups in total. The minimum atomic E-state index is 0.782. The molecular weight excluding hydrogens is 210 g/mol. The third-order valence-corrected chi connectivity index (χ3v) is 2.93. The summed E-state index contributed by atoms with van der Waals surface area (Å²) in [5.41, 5.74) is 6.76. The summed E-state index contributed by atoms with van der Waals surface area (Å²) in [5.74, 6) is 0.782. The molecule has 0 aliphatic heterocycles. The van der Waals surface area contributed by atoms with Crippen LogP contribution in [0.1, 0.15) is 17.5 Å². The van der Waals surface area contributed by atoms with E-state index in [9.17, 15) is 0 Å². The number of hydrogen-bond donors (Lipinski definition) is 1. The predicted molar refractivity (Wildman–Crippen MR) is 69.2 cm³/mol. The summed E-state index contributed by atoms with van der Waals surface area (Å²) in [4.78, 5) is 4.18. The highest BCUT2D eigenvalue weighted by Gasteiger charge is 2.16. The Hall–Kier alpha value is -2.16. The fraction of sp³-hybridized carbons (Fsp3) is 0.143. The topological polar surface area (TPSA) is 37.3 Å². The fourth-order valence-electron chi connectivity index (χ4n) is 2.08. The Morgan fingerprint density at radius 1 is 1.00 bits per heavy atom. The molecule has 1 aliphatic rings. The van der Waals surface area contributed by atoms with Gasteiger partial charge in [-0.05, 0) is 30.5 Å². The standard InChI is InChI=1S/C14H13N3/c1-2-6-12-11(5-1)8-9-13(12)16-17-14-7-3-4-10-15-14/h1-7,10H,8-9H2,(H,15,17)/b16-13-. The second kappa shape index (κ2) is 4.37. The maximum Gasteiger partial charge on any atom is 0.146 e. The molecular formula is C14H13N3. The zero-order valence-electron chi connectivity index (χ0n) is 9.43. The lowest BCUT2D eigenvalue weighted by atomic mass is 10.1. The number of aryl methyl sites for hydroxylation is 1. The van der Waals surface area contributed by atoms with Gasteiger partial charge in [0.15, 0.2) is 0 Å². The molecule has 0 amide bonds. The van der Waals surface area contributed by atoms with Crippen LogP contribution in [0.15, 0.2) is 53.8 Å². The molecule has 0 saturated heterocycles. The number of rotatable bonds is 2. The zero-order valence-corrected chi connectivity index (χ0v) is 9.43. The van der Waals surface area contributed by atoms with Gasteiger partial charge in [-0.1, -0.05) is 30.3 Å². The van der Waals surface area contributed by atoms with Gasteiger partial charge in [0, 0.05) is 11.8 Å². The third-order valence-electron chi connectivity index (χ3n) is 2.93. The molecule has 0 atom stereocenters. The summed E-state index contributed by atoms with van der Waals surface area (Å²) < 4.78 is 0. The molecule has 1 aromatic carbocycles. The fourth-order valence-corrected chi connectivity index (χ4v) is 2.08. The number of anilines is 1. The summed E-state index contributed by atoms with van der Waals surface area (Å²) in [6.07, 6.45) is 3.84. The van der Waals surface area contributed by atoms with Crippen LogP contribution in [0.25, 0.3) is 0 Å². The summed E-state index contributed by atoms with van der Waals surface area (Å²) in [5, 5.41) is 4.44. The number of hydrazone groups is 1. The molecule has 3 nitrogen and oxygen atoms in total. The maximum atomic E-state index is 4.44. The van der Waals surface area contributed by atoms with Crippen LogP contribution in [0.2, 0.25) is 0 Å². The van der Waals surface area contributed by atoms with Gasteiger partial charge in [0.2, 0.25) is 0 Å². The maximum absolute atomic E-state index is 4.44. The van der Waals surface area contributed by atoms with E-state index in [1.807, 2.05) is 18.2 Å². The molecule has 17 heavy (non-hydrogen) atoms. The molecule has 0 fully saturated rings. The molecule has 0 saturated carbocycles. The van der Waals surface area contributed by atoms with Gasteiger partial charge in [0.25, 0.3) is 0 Å². The molecule has 3 rings (SSSR count). The number of nitrogens with one attached hydrogen (secondary N) is 1. The molecule has 2 aromatic rings. The van der Waals surface area contributed by atoms with E-state index in [4.69, 9.17) is 0 Å². The number of benzene rings is 1. The van der Waals surface area contributed by atoms with Gasteiger partial charge in [0.05, 0.1) is 5.71 Å². The Morgan fingerprint density at radius 3 is 2.76 bits per heavy atom. The van der Waals surface area contributed by atoms with E-state index in [2.05, 4.69) is 39.8 Å². The van der Waals surface area contributed by atoms with Gasteiger partial charge in [0.1, 0.15) is 5.82 Å². The molecule has 0 unspecified atom stereocenters. The molecule has 3 heteroatoms. The summed E-state index contributed by atoms with van der Waals surface area (Å²) in [7, 11) is 0. The summed E-state index contributed by atoms with van der Waals surface area (Å²) in [6.45, 7) is 0. The first-order valence-corrected chi connectivity index (χ1v) is 5.75. The van der Waals surface area contributed by atoms with Gasteiger partial charge in [-0.3, -0.25) is 5.43 Å². The monoisotopic (exact) mass is 223 g/mol. The van der Waals surface area contributed by atoms with E-state index in [-0.39, 0.29) is 0 Å². The minimum Gasteiger partial charge on any atom is -0.261 e. The van der Waals surface area contributed by atoms with Gasteiger partial charge in [-0.2, -0.15) is 5.10 Å². The van der Waals surface area contributed by atoms with Crippen LogP contribution < -0.4 is 5.43 Å². The van der Waals surface area contributed by atoms with Crippen molar-refractivity contribution in [3.63, 3.8) is 0 Å². The highest BCUT2D eigenvalue weighted by molar-refractivity contribution is 6.04. The van der Waals surface area contributed by atoms with Gasteiger partial charge >= 0.3 is 0 Å². The number of hydrogen-bond acceptors (Lipinski definition) is 3. The van der Waals surface area contributed by atoms with E-state index < -0.39 is 0 Å². The Morgan fingerprint density at radius 2 is 1.88 bits per heavy atom. The first-order chi connectivity index (χ1) is 8.43. The van der Waals surface area contributed by atoms with E-state index in [1.165, 1.54) is 11.1 Å². The number of aromatic nitrogens is 1. The normalized spacial score (nSPS) is 15.9. The van der Waals surface area contributed by atoms with Crippen molar-refractivity contribution < 1.29 is 0 Å². The second-order valence-corrected chi connectivity index (χ2v) is 4.04. The smallest absolute Gasteiger partial charge is 0.146 e. The molecule has 0 spiro atoms. The molecule has 1 heterocycles. The predicted octanol–water partition coefficient (Wildman–Crippen LogP) is 2.84. The van der Waals surface area contributed by atoms with Crippen molar-refractivity contribution in [2.45, 2.75) is 12.8 Å². The molecule has 1 aromatic heterocycles. The lowest BCUT2D eigenvalue weighted by molar-refractivity contribution is 1.08. The SMILES string of the molecule is c1ccc(N/N=C2/CCc3ccccc32)nc1. The largest absolute Gasteiger partial charge is 0.261 e. The molecule has 0 radical (unpaired) electrons. The van der Waals surface area contributed by atoms with Crippen LogP contribution >= 0.6 is 0 Å². The summed E-state index contributed by atoms with van der Waals surface area (Å²) >= 11 is 0. The highest BCUT2D eigenvalue weighted by Crippen LogP contribution is 2.22. The van der Waals surface area contributed by atoms with Gasteiger partial charge in [-0.15, -0.1) is 0 Å². The average molecular weight is 223 g/mol. The lowest BCUT2D eigenvalue weighted by Crippen LogP contribution is -2.00. The molecule has 1 aliphatic carbocycles. The second-order valence-electron chi connectivity index (χ2n) is 4.04.